The number of likely N-dealkylation sites (N-methyl/N-ethyl adjacent to an activating group) is 1. The van der Waals surface area contributed by atoms with Crippen molar-refractivity contribution in [3.63, 3.8) is 0 Å². The number of unbranched alkanes of at least 4 members (excludes halogenated alkanes) is 14. The average Bonchev–Trinajstić information content (AvgIpc) is 3.58. The van der Waals surface area contributed by atoms with Crippen LogP contribution in [0.25, 0.3) is 0 Å². The molecule has 0 aromatic heterocycles. The Morgan fingerprint density at radius 1 is 0.316 bits per heavy atom. The summed E-state index contributed by atoms with van der Waals surface area (Å²) >= 11 is 0. The molecule has 0 amide bonds. The van der Waals surface area contributed by atoms with E-state index < -0.39 is 24.3 Å². The number of allylic oxidation sites excluding steroid dienone is 36. The van der Waals surface area contributed by atoms with E-state index in [1.807, 2.05) is 21.1 Å². The van der Waals surface area contributed by atoms with Crippen LogP contribution in [0.15, 0.2) is 219 Å². The summed E-state index contributed by atoms with van der Waals surface area (Å²) < 4.78 is 22.8. The first-order valence-corrected chi connectivity index (χ1v) is 36.9. The highest BCUT2D eigenvalue weighted by Gasteiger charge is 2.22. The number of hydrogen-bond acceptors (Lipinski definition) is 8. The summed E-state index contributed by atoms with van der Waals surface area (Å²) in [6.45, 7) is 4.46. The first-order valence-electron chi connectivity index (χ1n) is 36.9. The van der Waals surface area contributed by atoms with Crippen LogP contribution in [0.4, 0.5) is 0 Å². The van der Waals surface area contributed by atoms with Gasteiger partial charge in [0.15, 0.2) is 12.4 Å². The maximum atomic E-state index is 12.9. The summed E-state index contributed by atoms with van der Waals surface area (Å²) in [4.78, 5) is 37.5. The van der Waals surface area contributed by atoms with Gasteiger partial charge in [-0.3, -0.25) is 9.59 Å². The smallest absolute Gasteiger partial charge is 0.306 e. The van der Waals surface area contributed by atoms with Crippen LogP contribution in [-0.2, 0) is 33.3 Å². The number of carbonyl (C=O) groups is 3. The number of carboxylic acid groups (broad SMARTS) is 1. The molecular weight excluding hydrogens is 1170 g/mol. The number of esters is 2. The first kappa shape index (κ1) is 88.6. The van der Waals surface area contributed by atoms with Gasteiger partial charge < -0.3 is 33.3 Å². The van der Waals surface area contributed by atoms with E-state index >= 15 is 0 Å². The van der Waals surface area contributed by atoms with Gasteiger partial charge in [-0.15, -0.1) is 0 Å². The molecule has 0 aliphatic carbocycles. The minimum Gasteiger partial charge on any atom is -0.545 e. The summed E-state index contributed by atoms with van der Waals surface area (Å²) in [7, 11) is 5.90. The Morgan fingerprint density at radius 2 is 0.568 bits per heavy atom. The molecule has 2 atom stereocenters. The van der Waals surface area contributed by atoms with Crippen molar-refractivity contribution in [2.24, 2.45) is 0 Å². The Kier molecular flexibility index (Phi) is 68.5. The van der Waals surface area contributed by atoms with E-state index in [9.17, 15) is 19.5 Å². The highest BCUT2D eigenvalue weighted by molar-refractivity contribution is 5.70. The zero-order chi connectivity index (χ0) is 69.0. The molecule has 0 saturated carbocycles. The molecule has 0 aliphatic heterocycles. The second kappa shape index (κ2) is 73.4. The van der Waals surface area contributed by atoms with Crippen LogP contribution in [-0.4, -0.2) is 82.3 Å². The van der Waals surface area contributed by atoms with Gasteiger partial charge in [0.1, 0.15) is 13.2 Å². The highest BCUT2D eigenvalue weighted by atomic mass is 16.7. The van der Waals surface area contributed by atoms with E-state index in [0.29, 0.717) is 17.4 Å². The lowest BCUT2D eigenvalue weighted by Crippen LogP contribution is -2.44. The number of nitrogens with zero attached hydrogens (tertiary/aromatic N) is 1. The molecule has 530 valence electrons. The van der Waals surface area contributed by atoms with Crippen molar-refractivity contribution in [1.29, 1.82) is 0 Å². The molecule has 0 fully saturated rings. The molecular formula is C86H133NO8. The molecule has 0 aromatic rings. The van der Waals surface area contributed by atoms with Crippen LogP contribution in [0.1, 0.15) is 245 Å². The predicted octanol–water partition coefficient (Wildman–Crippen LogP) is 22.4. The van der Waals surface area contributed by atoms with E-state index in [0.717, 1.165) is 173 Å². The van der Waals surface area contributed by atoms with Crippen molar-refractivity contribution in [3.8, 4) is 0 Å². The third-order valence-corrected chi connectivity index (χ3v) is 14.7. The molecule has 0 aliphatic rings. The van der Waals surface area contributed by atoms with Crippen LogP contribution >= 0.6 is 0 Å². The zero-order valence-corrected chi connectivity index (χ0v) is 60.4. The molecule has 95 heavy (non-hydrogen) atoms. The van der Waals surface area contributed by atoms with Crippen LogP contribution in [0.5, 0.6) is 0 Å². The van der Waals surface area contributed by atoms with E-state index in [1.54, 1.807) is 0 Å². The monoisotopic (exact) mass is 1310 g/mol. The van der Waals surface area contributed by atoms with Crippen molar-refractivity contribution in [1.82, 2.24) is 0 Å². The minimum absolute atomic E-state index is 0.129. The molecule has 0 rings (SSSR count). The maximum absolute atomic E-state index is 12.9. The Balaban J connectivity index is 4.26. The Labute approximate surface area is 581 Å². The third-order valence-electron chi connectivity index (χ3n) is 14.7. The number of ether oxygens (including phenoxy) is 4. The number of carbonyl (C=O) groups excluding carboxylic acids is 3. The first-order chi connectivity index (χ1) is 46.6. The molecule has 0 radical (unpaired) electrons. The summed E-state index contributed by atoms with van der Waals surface area (Å²) in [5.41, 5.74) is 0. The zero-order valence-electron chi connectivity index (χ0n) is 60.4. The Morgan fingerprint density at radius 3 is 0.842 bits per heavy atom. The normalized spacial score (nSPS) is 14.0. The standard InChI is InChI=1S/C86H133NO8/c1-6-8-10-12-14-16-18-20-22-24-26-28-30-32-34-36-38-40-42-44-46-48-50-52-54-56-58-60-62-64-66-68-70-72-74-76-83(88)93-80-82(81-94-86(85(90)91)92-79-78-87(3,4)5)95-84(89)77-75-73-71-69-67-65-63-61-59-57-55-53-51-49-47-45-43-41-39-37-35-33-31-29-27-25-23-21-19-17-15-13-11-9-7-2/h8-11,14-17,20-23,26-29,32-35,38-41,44-47,50-53,57,59,63,65,82,86H,6-7,12-13,18-19,24-25,30-31,36-37,42-43,48-49,54-56,58,60-62,64,66-81H2,1-5H3/b10-8-,11-9-,16-14-,17-15-,22-20-,23-21-,28-26-,29-27-,34-32-,35-33-,40-38-,41-39-,46-44-,47-45-,52-50-,53-51-,59-57-,65-63-. The Bertz CT molecular complexity index is 2370. The van der Waals surface area contributed by atoms with Gasteiger partial charge in [-0.25, -0.2) is 0 Å². The Hall–Kier alpha value is -6.39. The maximum Gasteiger partial charge on any atom is 0.306 e. The number of rotatable bonds is 65. The fourth-order valence-corrected chi connectivity index (χ4v) is 9.17. The van der Waals surface area contributed by atoms with E-state index in [2.05, 4.69) is 233 Å². The quantitative estimate of drug-likeness (QED) is 0.0195. The molecule has 0 aromatic carbocycles. The molecule has 9 nitrogen and oxygen atoms in total. The van der Waals surface area contributed by atoms with Gasteiger partial charge in [-0.2, -0.15) is 0 Å². The number of aliphatic carboxylic acids is 1. The van der Waals surface area contributed by atoms with Crippen LogP contribution in [0.2, 0.25) is 0 Å². The van der Waals surface area contributed by atoms with Gasteiger partial charge in [0.25, 0.3) is 0 Å². The molecule has 0 saturated heterocycles. The number of hydrogen-bond donors (Lipinski definition) is 0. The van der Waals surface area contributed by atoms with E-state index in [4.69, 9.17) is 18.9 Å². The highest BCUT2D eigenvalue weighted by Crippen LogP contribution is 2.15. The lowest BCUT2D eigenvalue weighted by molar-refractivity contribution is -0.870. The third kappa shape index (κ3) is 74.9. The summed E-state index contributed by atoms with van der Waals surface area (Å²) in [5.74, 6) is -2.35. The van der Waals surface area contributed by atoms with Gasteiger partial charge in [0, 0.05) is 12.8 Å². The van der Waals surface area contributed by atoms with Gasteiger partial charge in [0.05, 0.1) is 40.3 Å². The lowest BCUT2D eigenvalue weighted by atomic mass is 10.1. The van der Waals surface area contributed by atoms with Crippen molar-refractivity contribution >= 4 is 17.9 Å². The summed E-state index contributed by atoms with van der Waals surface area (Å²) in [5, 5.41) is 11.8. The largest absolute Gasteiger partial charge is 0.545 e. The van der Waals surface area contributed by atoms with Gasteiger partial charge >= 0.3 is 11.9 Å². The topological polar surface area (TPSA) is 111 Å². The van der Waals surface area contributed by atoms with Crippen molar-refractivity contribution in [2.75, 3.05) is 47.5 Å². The number of carboxylic acids is 1. The molecule has 0 heterocycles. The van der Waals surface area contributed by atoms with E-state index in [-0.39, 0.29) is 38.6 Å². The van der Waals surface area contributed by atoms with Crippen molar-refractivity contribution in [3.05, 3.63) is 219 Å². The van der Waals surface area contributed by atoms with E-state index in [1.165, 1.54) is 38.5 Å². The van der Waals surface area contributed by atoms with Crippen molar-refractivity contribution < 1.29 is 42.9 Å². The molecule has 0 spiro atoms. The summed E-state index contributed by atoms with van der Waals surface area (Å²) in [6.07, 6.45) is 113. The predicted molar refractivity (Wildman–Crippen MR) is 407 cm³/mol. The van der Waals surface area contributed by atoms with Gasteiger partial charge in [-0.1, -0.05) is 297 Å². The van der Waals surface area contributed by atoms with Crippen LogP contribution in [0.3, 0.4) is 0 Å². The SMILES string of the molecule is CC/C=C\C/C=C\C/C=C\C/C=C\C/C=C\C/C=C\C/C=C\C/C=C\C/C=C\C/C=C\CCCCCCC(=O)OC(COC(=O)CCCCCCCCCCCC/C=C\C/C=C\C/C=C\C/C=C\C/C=C\C/C=C\C/C=C\C/C=C\CC)COC(OCC[N+](C)(C)C)C(=O)[O-]. The minimum atomic E-state index is -1.65. The van der Waals surface area contributed by atoms with Crippen molar-refractivity contribution in [2.45, 2.75) is 257 Å². The van der Waals surface area contributed by atoms with Crippen LogP contribution in [0, 0.1) is 0 Å². The summed E-state index contributed by atoms with van der Waals surface area (Å²) in [6, 6.07) is 0. The lowest BCUT2D eigenvalue weighted by Gasteiger charge is -2.26. The number of quaternary nitrogens is 1. The second-order valence-electron chi connectivity index (χ2n) is 24.8. The fourth-order valence-electron chi connectivity index (χ4n) is 9.17. The average molecular weight is 1310 g/mol. The molecule has 0 N–H and O–H groups in total. The van der Waals surface area contributed by atoms with Gasteiger partial charge in [-0.05, 0) is 154 Å². The molecule has 0 bridgehead atoms. The molecule has 2 unspecified atom stereocenters. The van der Waals surface area contributed by atoms with Gasteiger partial charge in [0.2, 0.25) is 0 Å². The van der Waals surface area contributed by atoms with Crippen LogP contribution < -0.4 is 5.11 Å². The second-order valence-corrected chi connectivity index (χ2v) is 24.8. The fraction of sp³-hybridized carbons (Fsp3) is 0.547. The molecule has 9 heteroatoms.